The lowest BCUT2D eigenvalue weighted by atomic mass is 10.1. The summed E-state index contributed by atoms with van der Waals surface area (Å²) >= 11 is 0. The molecule has 0 fully saturated rings. The number of phenolic OH excluding ortho intramolecular Hbond substituents is 2. The zero-order valence-electron chi connectivity index (χ0n) is 11.3. The van der Waals surface area contributed by atoms with Crippen molar-refractivity contribution < 1.29 is 10.2 Å². The van der Waals surface area contributed by atoms with Gasteiger partial charge in [0.15, 0.2) is 11.5 Å². The first-order valence-electron chi connectivity index (χ1n) is 6.68. The lowest BCUT2D eigenvalue weighted by Crippen LogP contribution is -2.07. The Morgan fingerprint density at radius 1 is 0.952 bits per heavy atom. The van der Waals surface area contributed by atoms with E-state index in [-0.39, 0.29) is 11.5 Å². The Morgan fingerprint density at radius 2 is 1.81 bits per heavy atom. The molecule has 0 bridgehead atoms. The van der Waals surface area contributed by atoms with Gasteiger partial charge in [0.2, 0.25) is 0 Å². The first-order chi connectivity index (χ1) is 10.2. The molecule has 21 heavy (non-hydrogen) atoms. The van der Waals surface area contributed by atoms with Crippen LogP contribution in [-0.2, 0) is 6.42 Å². The van der Waals surface area contributed by atoms with Crippen LogP contribution in [0.2, 0.25) is 0 Å². The van der Waals surface area contributed by atoms with Crippen molar-refractivity contribution in [1.29, 1.82) is 0 Å². The van der Waals surface area contributed by atoms with Crippen molar-refractivity contribution in [2.24, 2.45) is 0 Å². The van der Waals surface area contributed by atoms with E-state index in [9.17, 15) is 10.2 Å². The van der Waals surface area contributed by atoms with E-state index in [2.05, 4.69) is 15.3 Å². The molecule has 0 aliphatic heterocycles. The summed E-state index contributed by atoms with van der Waals surface area (Å²) in [5, 5.41) is 23.0. The van der Waals surface area contributed by atoms with E-state index in [1.165, 1.54) is 12.4 Å². The molecule has 0 saturated carbocycles. The van der Waals surface area contributed by atoms with Gasteiger partial charge in [-0.25, -0.2) is 9.97 Å². The molecule has 0 unspecified atom stereocenters. The number of nitrogens with zero attached hydrogens (tertiary/aromatic N) is 2. The van der Waals surface area contributed by atoms with Crippen LogP contribution < -0.4 is 5.32 Å². The maximum Gasteiger partial charge on any atom is 0.157 e. The molecular weight excluding hydrogens is 266 g/mol. The number of aromatic nitrogens is 2. The van der Waals surface area contributed by atoms with Crippen LogP contribution in [0.25, 0.3) is 10.9 Å². The van der Waals surface area contributed by atoms with Gasteiger partial charge in [0.25, 0.3) is 0 Å². The highest BCUT2D eigenvalue weighted by Crippen LogP contribution is 2.25. The number of hydrogen-bond donors (Lipinski definition) is 3. The average molecular weight is 281 g/mol. The molecule has 0 aliphatic rings. The highest BCUT2D eigenvalue weighted by Gasteiger charge is 2.03. The summed E-state index contributed by atoms with van der Waals surface area (Å²) in [6.07, 6.45) is 2.25. The van der Waals surface area contributed by atoms with E-state index in [1.807, 2.05) is 24.3 Å². The van der Waals surface area contributed by atoms with Gasteiger partial charge in [0.1, 0.15) is 12.1 Å². The first-order valence-corrected chi connectivity index (χ1v) is 6.68. The van der Waals surface area contributed by atoms with Crippen LogP contribution in [0, 0.1) is 0 Å². The van der Waals surface area contributed by atoms with Crippen LogP contribution in [0.3, 0.4) is 0 Å². The van der Waals surface area contributed by atoms with Gasteiger partial charge in [-0.3, -0.25) is 0 Å². The predicted octanol–water partition coefficient (Wildman–Crippen LogP) is 2.70. The average Bonchev–Trinajstić information content (AvgIpc) is 2.51. The molecule has 5 nitrogen and oxygen atoms in total. The Hall–Kier alpha value is -2.82. The summed E-state index contributed by atoms with van der Waals surface area (Å²) in [7, 11) is 0. The van der Waals surface area contributed by atoms with E-state index in [4.69, 9.17) is 0 Å². The molecule has 3 aromatic rings. The van der Waals surface area contributed by atoms with Crippen molar-refractivity contribution in [1.82, 2.24) is 9.97 Å². The van der Waals surface area contributed by atoms with Crippen molar-refractivity contribution in [3.05, 3.63) is 54.4 Å². The van der Waals surface area contributed by atoms with Gasteiger partial charge in [0, 0.05) is 11.9 Å². The summed E-state index contributed by atoms with van der Waals surface area (Å²) in [5.41, 5.74) is 1.84. The second-order valence-electron chi connectivity index (χ2n) is 4.74. The van der Waals surface area contributed by atoms with Gasteiger partial charge in [-0.15, -0.1) is 0 Å². The summed E-state index contributed by atoms with van der Waals surface area (Å²) < 4.78 is 0. The number of anilines is 1. The fraction of sp³-hybridized carbons (Fsp3) is 0.125. The Balaban J connectivity index is 1.70. The minimum Gasteiger partial charge on any atom is -0.504 e. The van der Waals surface area contributed by atoms with Crippen molar-refractivity contribution in [2.75, 3.05) is 11.9 Å². The van der Waals surface area contributed by atoms with E-state index in [1.54, 1.807) is 12.1 Å². The number of para-hydroxylation sites is 1. The standard InChI is InChI=1S/C16H15N3O2/c20-14-6-5-11(9-15(14)21)7-8-17-16-12-3-1-2-4-13(12)18-10-19-16/h1-6,9-10,20-21H,7-8H2,(H,17,18,19). The van der Waals surface area contributed by atoms with Gasteiger partial charge in [0.05, 0.1) is 5.52 Å². The van der Waals surface area contributed by atoms with Crippen molar-refractivity contribution in [2.45, 2.75) is 6.42 Å². The fourth-order valence-corrected chi connectivity index (χ4v) is 2.20. The van der Waals surface area contributed by atoms with Crippen molar-refractivity contribution in [3.63, 3.8) is 0 Å². The highest BCUT2D eigenvalue weighted by molar-refractivity contribution is 5.88. The van der Waals surface area contributed by atoms with Gasteiger partial charge < -0.3 is 15.5 Å². The third-order valence-electron chi connectivity index (χ3n) is 3.29. The number of aromatic hydroxyl groups is 2. The lowest BCUT2D eigenvalue weighted by Gasteiger charge is -2.08. The minimum atomic E-state index is -0.103. The van der Waals surface area contributed by atoms with Crippen LogP contribution in [0.15, 0.2) is 48.8 Å². The second-order valence-corrected chi connectivity index (χ2v) is 4.74. The van der Waals surface area contributed by atoms with Gasteiger partial charge in [-0.1, -0.05) is 18.2 Å². The molecule has 3 N–H and O–H groups in total. The summed E-state index contributed by atoms with van der Waals surface area (Å²) in [6.45, 7) is 0.672. The maximum atomic E-state index is 9.47. The molecular formula is C16H15N3O2. The van der Waals surface area contributed by atoms with E-state index < -0.39 is 0 Å². The lowest BCUT2D eigenvalue weighted by molar-refractivity contribution is 0.403. The number of rotatable bonds is 4. The predicted molar refractivity (Wildman–Crippen MR) is 81.5 cm³/mol. The quantitative estimate of drug-likeness (QED) is 0.641. The fourth-order valence-electron chi connectivity index (χ4n) is 2.20. The van der Waals surface area contributed by atoms with Crippen molar-refractivity contribution in [3.8, 4) is 11.5 Å². The zero-order valence-corrected chi connectivity index (χ0v) is 11.3. The van der Waals surface area contributed by atoms with E-state index >= 15 is 0 Å². The number of phenols is 2. The SMILES string of the molecule is Oc1ccc(CCNc2ncnc3ccccc23)cc1O. The number of nitrogens with one attached hydrogen (secondary N) is 1. The van der Waals surface area contributed by atoms with Crippen LogP contribution in [-0.4, -0.2) is 26.7 Å². The molecule has 0 amide bonds. The molecule has 3 rings (SSSR count). The summed E-state index contributed by atoms with van der Waals surface area (Å²) in [5.74, 6) is 0.595. The normalized spacial score (nSPS) is 10.7. The maximum absolute atomic E-state index is 9.47. The second kappa shape index (κ2) is 5.66. The number of benzene rings is 2. The molecule has 2 aromatic carbocycles. The van der Waals surface area contributed by atoms with Crippen molar-refractivity contribution >= 4 is 16.7 Å². The van der Waals surface area contributed by atoms with Gasteiger partial charge in [-0.05, 0) is 36.2 Å². The number of fused-ring (bicyclic) bond motifs is 1. The molecule has 5 heteroatoms. The largest absolute Gasteiger partial charge is 0.504 e. The molecule has 0 saturated heterocycles. The van der Waals surface area contributed by atoms with Crippen LogP contribution in [0.5, 0.6) is 11.5 Å². The molecule has 0 atom stereocenters. The molecule has 0 aliphatic carbocycles. The molecule has 0 radical (unpaired) electrons. The highest BCUT2D eigenvalue weighted by atomic mass is 16.3. The Morgan fingerprint density at radius 3 is 2.67 bits per heavy atom. The molecule has 1 aromatic heterocycles. The van der Waals surface area contributed by atoms with E-state index in [0.29, 0.717) is 13.0 Å². The minimum absolute atomic E-state index is 0.0972. The molecule has 106 valence electrons. The van der Waals surface area contributed by atoms with E-state index in [0.717, 1.165) is 22.3 Å². The first kappa shape index (κ1) is 13.2. The van der Waals surface area contributed by atoms with Crippen LogP contribution in [0.1, 0.15) is 5.56 Å². The third kappa shape index (κ3) is 2.86. The van der Waals surface area contributed by atoms with Gasteiger partial charge >= 0.3 is 0 Å². The van der Waals surface area contributed by atoms with Crippen LogP contribution >= 0.6 is 0 Å². The number of hydrogen-bond acceptors (Lipinski definition) is 5. The summed E-state index contributed by atoms with van der Waals surface area (Å²) in [4.78, 5) is 8.48. The molecule has 1 heterocycles. The third-order valence-corrected chi connectivity index (χ3v) is 3.29. The topological polar surface area (TPSA) is 78.3 Å². The Labute approximate surface area is 121 Å². The Kier molecular flexibility index (Phi) is 3.55. The zero-order chi connectivity index (χ0) is 14.7. The van der Waals surface area contributed by atoms with Gasteiger partial charge in [-0.2, -0.15) is 0 Å². The summed E-state index contributed by atoms with van der Waals surface area (Å²) in [6, 6.07) is 12.7. The Bertz CT molecular complexity index is 769. The monoisotopic (exact) mass is 281 g/mol. The smallest absolute Gasteiger partial charge is 0.157 e. The van der Waals surface area contributed by atoms with Crippen LogP contribution in [0.4, 0.5) is 5.82 Å². The molecule has 0 spiro atoms.